The molecule has 3 aromatic heterocycles. The molecule has 0 unspecified atom stereocenters. The van der Waals surface area contributed by atoms with Crippen molar-refractivity contribution in [2.75, 3.05) is 19.6 Å². The maximum absolute atomic E-state index is 10.7. The summed E-state index contributed by atoms with van der Waals surface area (Å²) in [5.41, 5.74) is -8.11. The van der Waals surface area contributed by atoms with Gasteiger partial charge >= 0.3 is 28.1 Å². The second-order valence-corrected chi connectivity index (χ2v) is 11.5. The third-order valence-corrected chi connectivity index (χ3v) is 6.30. The first-order chi connectivity index (χ1) is 20.8. The average Bonchev–Trinajstić information content (AvgIpc) is 2.93. The van der Waals surface area contributed by atoms with E-state index >= 15 is 0 Å². The van der Waals surface area contributed by atoms with Gasteiger partial charge in [-0.15, -0.1) is 6.42 Å². The fraction of sp³-hybridized carbons (Fsp3) is 0.346. The second-order valence-electron chi connectivity index (χ2n) is 8.74. The molecular formula is C26H27F6FeN5O6S2+2. The van der Waals surface area contributed by atoms with Crippen LogP contribution in [-0.2, 0) is 56.9 Å². The van der Waals surface area contributed by atoms with Crippen molar-refractivity contribution in [3.63, 3.8) is 0 Å². The molecule has 46 heavy (non-hydrogen) atoms. The van der Waals surface area contributed by atoms with Crippen LogP contribution >= 0.6 is 0 Å². The molecule has 0 fully saturated rings. The summed E-state index contributed by atoms with van der Waals surface area (Å²) in [6.07, 6.45) is 12.1. The normalized spacial score (nSPS) is 11.8. The van der Waals surface area contributed by atoms with Gasteiger partial charge in [0.1, 0.15) is 0 Å². The summed E-state index contributed by atoms with van der Waals surface area (Å²) in [7, 11) is -12.2. The zero-order valence-corrected chi connectivity index (χ0v) is 26.3. The summed E-state index contributed by atoms with van der Waals surface area (Å²) in [5, 5.41) is 0. The Hall–Kier alpha value is -3.15. The molecule has 3 heterocycles. The van der Waals surface area contributed by atoms with Crippen LogP contribution in [-0.4, -0.2) is 81.3 Å². The zero-order chi connectivity index (χ0) is 34.2. The fourth-order valence-corrected chi connectivity index (χ4v) is 3.24. The van der Waals surface area contributed by atoms with Crippen LogP contribution in [0.1, 0.15) is 23.5 Å². The molecule has 0 saturated carbocycles. The van der Waals surface area contributed by atoms with Crippen molar-refractivity contribution in [3.8, 4) is 12.3 Å². The van der Waals surface area contributed by atoms with Crippen LogP contribution in [0.5, 0.6) is 0 Å². The Bertz CT molecular complexity index is 1450. The molecular weight excluding hydrogens is 712 g/mol. The standard InChI is InChI=1S/C24H27N5.2CHF3O3S.Fe/c1-2-16-28(19-22-10-3-6-13-25-22)17-9-18-29(20-23-11-4-7-14-26-23)21-24-12-5-8-15-27-24;2*2-1(3,4)8(5,6)7;/h1,3-8,10-15H,9,16-21H2;2*(H,5,6,7);/q;;;+4/p-2. The largest absolute Gasteiger partial charge is 4.00 e. The van der Waals surface area contributed by atoms with Crippen LogP contribution in [0, 0.1) is 12.3 Å². The smallest absolute Gasteiger partial charge is 0.741 e. The van der Waals surface area contributed by atoms with Crippen molar-refractivity contribution < 1.29 is 69.4 Å². The molecule has 0 spiro atoms. The monoisotopic (exact) mass is 739 g/mol. The van der Waals surface area contributed by atoms with Crippen molar-refractivity contribution in [2.45, 2.75) is 37.1 Å². The van der Waals surface area contributed by atoms with E-state index in [-0.39, 0.29) is 17.1 Å². The van der Waals surface area contributed by atoms with E-state index in [1.165, 1.54) is 0 Å². The quantitative estimate of drug-likeness (QED) is 0.0932. The van der Waals surface area contributed by atoms with E-state index in [1.54, 1.807) is 0 Å². The van der Waals surface area contributed by atoms with E-state index < -0.39 is 31.3 Å². The molecule has 0 aliphatic rings. The van der Waals surface area contributed by atoms with Gasteiger partial charge in [-0.25, -0.2) is 16.8 Å². The van der Waals surface area contributed by atoms with Gasteiger partial charge in [-0.2, -0.15) is 26.3 Å². The number of aromatic nitrogens is 3. The van der Waals surface area contributed by atoms with E-state index in [1.807, 2.05) is 61.1 Å². The first-order valence-electron chi connectivity index (χ1n) is 12.5. The summed E-state index contributed by atoms with van der Waals surface area (Å²) in [6, 6.07) is 18.1. The van der Waals surface area contributed by atoms with Gasteiger partial charge in [0.05, 0.1) is 23.6 Å². The molecule has 3 rings (SSSR count). The van der Waals surface area contributed by atoms with Gasteiger partial charge in [0, 0.05) is 51.3 Å². The summed E-state index contributed by atoms with van der Waals surface area (Å²) < 4.78 is 118. The average molecular weight is 739 g/mol. The minimum atomic E-state index is -6.09. The van der Waals surface area contributed by atoms with Crippen molar-refractivity contribution in [1.82, 2.24) is 24.8 Å². The molecule has 0 aliphatic carbocycles. The van der Waals surface area contributed by atoms with Crippen LogP contribution in [0.25, 0.3) is 0 Å². The molecule has 0 N–H and O–H groups in total. The predicted octanol–water partition coefficient (Wildman–Crippen LogP) is 3.50. The number of rotatable bonds is 11. The van der Waals surface area contributed by atoms with Gasteiger partial charge in [0.2, 0.25) is 0 Å². The molecule has 0 aliphatic heterocycles. The Morgan fingerprint density at radius 3 is 1.22 bits per heavy atom. The SMILES string of the molecule is C#CCN(CCCN(Cc1ccccn1)Cc1ccccn1)Cc1ccccn1.O=S(=O)([O-])C(F)(F)F.O=S(=O)([O-])C(F)(F)F.[Fe+4]. The van der Waals surface area contributed by atoms with E-state index in [0.29, 0.717) is 6.54 Å². The molecule has 11 nitrogen and oxygen atoms in total. The summed E-state index contributed by atoms with van der Waals surface area (Å²) in [5.74, 6) is 2.77. The van der Waals surface area contributed by atoms with Crippen molar-refractivity contribution >= 4 is 20.2 Å². The van der Waals surface area contributed by atoms with Crippen LogP contribution < -0.4 is 0 Å². The maximum Gasteiger partial charge on any atom is 4.00 e. The molecule has 0 saturated heterocycles. The van der Waals surface area contributed by atoms with E-state index in [4.69, 9.17) is 32.4 Å². The van der Waals surface area contributed by atoms with Gasteiger partial charge < -0.3 is 9.11 Å². The van der Waals surface area contributed by atoms with Crippen molar-refractivity contribution in [2.24, 2.45) is 0 Å². The van der Waals surface area contributed by atoms with E-state index in [0.717, 1.165) is 56.2 Å². The number of nitrogens with zero attached hydrogens (tertiary/aromatic N) is 5. The third kappa shape index (κ3) is 18.1. The van der Waals surface area contributed by atoms with E-state index in [2.05, 4.69) is 42.8 Å². The number of halogens is 6. The fourth-order valence-electron chi connectivity index (χ4n) is 3.24. The molecule has 0 atom stereocenters. The molecule has 0 aromatic carbocycles. The van der Waals surface area contributed by atoms with Gasteiger partial charge in [-0.1, -0.05) is 24.1 Å². The zero-order valence-electron chi connectivity index (χ0n) is 23.6. The minimum Gasteiger partial charge on any atom is -0.741 e. The summed E-state index contributed by atoms with van der Waals surface area (Å²) in [6.45, 7) is 4.85. The van der Waals surface area contributed by atoms with Crippen molar-refractivity contribution in [3.05, 3.63) is 90.3 Å². The predicted molar refractivity (Wildman–Crippen MR) is 147 cm³/mol. The minimum absolute atomic E-state index is 0. The number of hydrogen-bond acceptors (Lipinski definition) is 11. The van der Waals surface area contributed by atoms with Gasteiger partial charge in [0.15, 0.2) is 20.2 Å². The van der Waals surface area contributed by atoms with Gasteiger partial charge in [-0.3, -0.25) is 24.8 Å². The number of terminal acetylenes is 1. The first kappa shape index (κ1) is 42.8. The Balaban J connectivity index is 0.000000986. The number of hydrogen-bond donors (Lipinski definition) is 0. The van der Waals surface area contributed by atoms with Gasteiger partial charge in [0.25, 0.3) is 0 Å². The van der Waals surface area contributed by atoms with Crippen LogP contribution in [0.15, 0.2) is 73.2 Å². The van der Waals surface area contributed by atoms with Crippen LogP contribution in [0.4, 0.5) is 26.3 Å². The summed E-state index contributed by atoms with van der Waals surface area (Å²) in [4.78, 5) is 18.0. The van der Waals surface area contributed by atoms with Crippen LogP contribution in [0.3, 0.4) is 0 Å². The third-order valence-electron chi connectivity index (χ3n) is 5.17. The topological polar surface area (TPSA) is 160 Å². The van der Waals surface area contributed by atoms with Crippen LogP contribution in [0.2, 0.25) is 0 Å². The maximum atomic E-state index is 10.7. The molecule has 0 amide bonds. The Morgan fingerprint density at radius 1 is 0.652 bits per heavy atom. The molecule has 0 radical (unpaired) electrons. The van der Waals surface area contributed by atoms with Crippen molar-refractivity contribution in [1.29, 1.82) is 0 Å². The number of alkyl halides is 6. The molecule has 0 bridgehead atoms. The Morgan fingerprint density at radius 2 is 0.957 bits per heavy atom. The molecule has 20 heteroatoms. The Kier molecular flexibility index (Phi) is 18.8. The molecule has 252 valence electrons. The Labute approximate surface area is 273 Å². The second kappa shape index (κ2) is 20.2. The summed E-state index contributed by atoms with van der Waals surface area (Å²) >= 11 is 0. The van der Waals surface area contributed by atoms with Gasteiger partial charge in [-0.05, 0) is 42.8 Å². The molecule has 3 aromatic rings. The van der Waals surface area contributed by atoms with E-state index in [9.17, 15) is 26.3 Å². The number of pyridine rings is 3. The first-order valence-corrected chi connectivity index (χ1v) is 15.3.